The van der Waals surface area contributed by atoms with E-state index in [-0.39, 0.29) is 11.7 Å². The van der Waals surface area contributed by atoms with Gasteiger partial charge in [0.05, 0.1) is 19.3 Å². The zero-order chi connectivity index (χ0) is 17.1. The van der Waals surface area contributed by atoms with Crippen LogP contribution in [0.3, 0.4) is 0 Å². The first-order valence-electron chi connectivity index (χ1n) is 7.55. The molecule has 1 fully saturated rings. The Kier molecular flexibility index (Phi) is 4.87. The minimum atomic E-state index is -1.63. The van der Waals surface area contributed by atoms with Crippen molar-refractivity contribution in [3.05, 3.63) is 59.2 Å². The van der Waals surface area contributed by atoms with Crippen LogP contribution in [0, 0.1) is 11.6 Å². The fraction of sp³-hybridized carbons (Fsp3) is 0.278. The molecule has 1 atom stereocenters. The lowest BCUT2D eigenvalue weighted by Gasteiger charge is -2.11. The molecule has 6 heteroatoms. The normalized spacial score (nSPS) is 17.2. The molecule has 1 heterocycles. The van der Waals surface area contributed by atoms with Gasteiger partial charge in [0, 0.05) is 6.61 Å². The number of hydrogen-bond donors (Lipinski definition) is 1. The summed E-state index contributed by atoms with van der Waals surface area (Å²) in [6, 6.07) is 9.15. The van der Waals surface area contributed by atoms with E-state index in [1.54, 1.807) is 18.2 Å². The third kappa shape index (κ3) is 3.60. The first kappa shape index (κ1) is 16.5. The highest BCUT2D eigenvalue weighted by molar-refractivity contribution is 5.89. The first-order chi connectivity index (χ1) is 11.5. The van der Waals surface area contributed by atoms with Crippen LogP contribution in [0.2, 0.25) is 0 Å². The van der Waals surface area contributed by atoms with Crippen molar-refractivity contribution in [2.24, 2.45) is 0 Å². The second-order valence-electron chi connectivity index (χ2n) is 5.62. The SMILES string of the molecule is O=C(O)c1c(F)cc(-c2cccc(COC3CCOC3)c2)cc1F. The van der Waals surface area contributed by atoms with Crippen molar-refractivity contribution in [1.29, 1.82) is 0 Å². The molecule has 0 aromatic heterocycles. The van der Waals surface area contributed by atoms with E-state index in [9.17, 15) is 13.6 Å². The average molecular weight is 334 g/mol. The van der Waals surface area contributed by atoms with Crippen LogP contribution in [0.25, 0.3) is 11.1 Å². The van der Waals surface area contributed by atoms with Gasteiger partial charge in [-0.05, 0) is 41.3 Å². The Hall–Kier alpha value is -2.31. The second-order valence-corrected chi connectivity index (χ2v) is 5.62. The molecule has 1 aliphatic rings. The van der Waals surface area contributed by atoms with E-state index in [0.29, 0.717) is 25.4 Å². The number of ether oxygens (including phenoxy) is 2. The van der Waals surface area contributed by atoms with Crippen molar-refractivity contribution in [3.63, 3.8) is 0 Å². The maximum atomic E-state index is 13.8. The quantitative estimate of drug-likeness (QED) is 0.907. The van der Waals surface area contributed by atoms with Gasteiger partial charge in [-0.2, -0.15) is 0 Å². The summed E-state index contributed by atoms with van der Waals surface area (Å²) >= 11 is 0. The molecule has 2 aromatic rings. The van der Waals surface area contributed by atoms with Gasteiger partial charge < -0.3 is 14.6 Å². The molecule has 0 amide bonds. The van der Waals surface area contributed by atoms with Gasteiger partial charge in [-0.25, -0.2) is 13.6 Å². The highest BCUT2D eigenvalue weighted by Crippen LogP contribution is 2.26. The van der Waals surface area contributed by atoms with Gasteiger partial charge in [0.15, 0.2) is 0 Å². The van der Waals surface area contributed by atoms with Crippen LogP contribution < -0.4 is 0 Å². The number of halogens is 2. The molecule has 126 valence electrons. The van der Waals surface area contributed by atoms with Crippen LogP contribution in [0.15, 0.2) is 36.4 Å². The van der Waals surface area contributed by atoms with E-state index in [0.717, 1.165) is 24.1 Å². The summed E-state index contributed by atoms with van der Waals surface area (Å²) < 4.78 is 38.6. The minimum Gasteiger partial charge on any atom is -0.477 e. The zero-order valence-electron chi connectivity index (χ0n) is 12.8. The molecule has 2 aromatic carbocycles. The summed E-state index contributed by atoms with van der Waals surface area (Å²) in [6.07, 6.45) is 0.922. The lowest BCUT2D eigenvalue weighted by molar-refractivity contribution is 0.0318. The van der Waals surface area contributed by atoms with Gasteiger partial charge in [-0.15, -0.1) is 0 Å². The minimum absolute atomic E-state index is 0.0680. The molecule has 1 saturated heterocycles. The summed E-state index contributed by atoms with van der Waals surface area (Å²) in [5, 5.41) is 8.82. The number of carboxylic acids is 1. The van der Waals surface area contributed by atoms with Gasteiger partial charge in [-0.1, -0.05) is 18.2 Å². The number of hydrogen-bond acceptors (Lipinski definition) is 3. The predicted octanol–water partition coefficient (Wildman–Crippen LogP) is 3.64. The molecular weight excluding hydrogens is 318 g/mol. The Bertz CT molecular complexity index is 731. The Morgan fingerprint density at radius 2 is 1.96 bits per heavy atom. The summed E-state index contributed by atoms with van der Waals surface area (Å²) in [7, 11) is 0. The van der Waals surface area contributed by atoms with Crippen molar-refractivity contribution in [2.45, 2.75) is 19.1 Å². The summed E-state index contributed by atoms with van der Waals surface area (Å²) in [5.41, 5.74) is 0.788. The van der Waals surface area contributed by atoms with Gasteiger partial charge in [0.25, 0.3) is 0 Å². The van der Waals surface area contributed by atoms with E-state index >= 15 is 0 Å². The second kappa shape index (κ2) is 7.07. The molecule has 0 bridgehead atoms. The van der Waals surface area contributed by atoms with Crippen LogP contribution in [-0.2, 0) is 16.1 Å². The lowest BCUT2D eigenvalue weighted by Crippen LogP contribution is -2.11. The number of carboxylic acid groups (broad SMARTS) is 1. The number of aromatic carboxylic acids is 1. The van der Waals surface area contributed by atoms with Crippen LogP contribution >= 0.6 is 0 Å². The first-order valence-corrected chi connectivity index (χ1v) is 7.55. The van der Waals surface area contributed by atoms with Crippen molar-refractivity contribution in [3.8, 4) is 11.1 Å². The number of carbonyl (C=O) groups is 1. The van der Waals surface area contributed by atoms with Gasteiger partial charge in [0.2, 0.25) is 0 Å². The van der Waals surface area contributed by atoms with Crippen molar-refractivity contribution in [2.75, 3.05) is 13.2 Å². The van der Waals surface area contributed by atoms with Crippen LogP contribution in [-0.4, -0.2) is 30.4 Å². The van der Waals surface area contributed by atoms with E-state index in [2.05, 4.69) is 0 Å². The molecule has 0 radical (unpaired) electrons. The largest absolute Gasteiger partial charge is 0.477 e. The maximum absolute atomic E-state index is 13.8. The highest BCUT2D eigenvalue weighted by atomic mass is 19.1. The molecule has 0 spiro atoms. The van der Waals surface area contributed by atoms with E-state index < -0.39 is 23.2 Å². The van der Waals surface area contributed by atoms with E-state index in [4.69, 9.17) is 14.6 Å². The Morgan fingerprint density at radius 3 is 2.58 bits per heavy atom. The van der Waals surface area contributed by atoms with Gasteiger partial charge in [0.1, 0.15) is 17.2 Å². The lowest BCUT2D eigenvalue weighted by atomic mass is 10.0. The fourth-order valence-corrected chi connectivity index (χ4v) is 2.64. The van der Waals surface area contributed by atoms with Crippen molar-refractivity contribution in [1.82, 2.24) is 0 Å². The van der Waals surface area contributed by atoms with Gasteiger partial charge in [-0.3, -0.25) is 0 Å². The van der Waals surface area contributed by atoms with Crippen molar-refractivity contribution >= 4 is 5.97 Å². The van der Waals surface area contributed by atoms with Crippen molar-refractivity contribution < 1.29 is 28.2 Å². The summed E-state index contributed by atoms with van der Waals surface area (Å²) in [4.78, 5) is 10.8. The molecule has 1 unspecified atom stereocenters. The number of rotatable bonds is 5. The topological polar surface area (TPSA) is 55.8 Å². The Labute approximate surface area is 137 Å². The smallest absolute Gasteiger partial charge is 0.341 e. The molecule has 3 rings (SSSR count). The molecule has 24 heavy (non-hydrogen) atoms. The molecule has 1 aliphatic heterocycles. The molecule has 0 aliphatic carbocycles. The monoisotopic (exact) mass is 334 g/mol. The molecular formula is C18H16F2O4. The van der Waals surface area contributed by atoms with Crippen LogP contribution in [0.5, 0.6) is 0 Å². The highest BCUT2D eigenvalue weighted by Gasteiger charge is 2.19. The Morgan fingerprint density at radius 1 is 1.21 bits per heavy atom. The summed E-state index contributed by atoms with van der Waals surface area (Å²) in [6.45, 7) is 1.64. The Balaban J connectivity index is 1.81. The average Bonchev–Trinajstić information content (AvgIpc) is 3.05. The summed E-state index contributed by atoms with van der Waals surface area (Å²) in [5.74, 6) is -3.82. The third-order valence-corrected chi connectivity index (χ3v) is 3.89. The predicted molar refractivity (Wildman–Crippen MR) is 82.8 cm³/mol. The van der Waals surface area contributed by atoms with E-state index in [1.807, 2.05) is 6.07 Å². The maximum Gasteiger partial charge on any atom is 0.341 e. The molecule has 0 saturated carbocycles. The zero-order valence-corrected chi connectivity index (χ0v) is 12.8. The molecule has 4 nitrogen and oxygen atoms in total. The van der Waals surface area contributed by atoms with E-state index in [1.165, 1.54) is 0 Å². The van der Waals surface area contributed by atoms with Crippen LogP contribution in [0.1, 0.15) is 22.3 Å². The van der Waals surface area contributed by atoms with Crippen LogP contribution in [0.4, 0.5) is 8.78 Å². The number of benzene rings is 2. The molecule has 1 N–H and O–H groups in total. The third-order valence-electron chi connectivity index (χ3n) is 3.89. The fourth-order valence-electron chi connectivity index (χ4n) is 2.64. The van der Waals surface area contributed by atoms with Gasteiger partial charge >= 0.3 is 5.97 Å². The standard InChI is InChI=1S/C18H16F2O4/c19-15-7-13(8-16(20)17(15)18(21)22)12-3-1-2-11(6-12)9-24-14-4-5-23-10-14/h1-3,6-8,14H,4-5,9-10H2,(H,21,22).